The van der Waals surface area contributed by atoms with Gasteiger partial charge in [-0.3, -0.25) is 9.52 Å². The minimum Gasteiger partial charge on any atom is -0.324 e. The quantitative estimate of drug-likeness (QED) is 0.797. The lowest BCUT2D eigenvalue weighted by Gasteiger charge is -2.12. The highest BCUT2D eigenvalue weighted by Gasteiger charge is 2.18. The summed E-state index contributed by atoms with van der Waals surface area (Å²) in [4.78, 5) is 12.0. The van der Waals surface area contributed by atoms with Crippen LogP contribution in [0.25, 0.3) is 5.69 Å². The number of amides is 1. The van der Waals surface area contributed by atoms with Crippen molar-refractivity contribution in [2.45, 2.75) is 33.1 Å². The van der Waals surface area contributed by atoms with Gasteiger partial charge in [-0.2, -0.15) is 0 Å². The van der Waals surface area contributed by atoms with Gasteiger partial charge >= 0.3 is 0 Å². The van der Waals surface area contributed by atoms with Crippen molar-refractivity contribution in [3.05, 3.63) is 54.4 Å². The number of rotatable bonds is 8. The molecule has 0 radical (unpaired) electrons. The average Bonchev–Trinajstić information content (AvgIpc) is 3.01. The Morgan fingerprint density at radius 2 is 1.79 bits per heavy atom. The summed E-state index contributed by atoms with van der Waals surface area (Å²) in [5.41, 5.74) is 1.77. The number of carbonyl (C=O) groups is 1. The summed E-state index contributed by atoms with van der Waals surface area (Å²) in [6.07, 6.45) is 5.68. The Morgan fingerprint density at radius 1 is 1.17 bits per heavy atom. The van der Waals surface area contributed by atoms with Crippen LogP contribution in [0.5, 0.6) is 0 Å². The van der Waals surface area contributed by atoms with Crippen molar-refractivity contribution in [2.75, 3.05) is 5.75 Å². The van der Waals surface area contributed by atoms with Crippen molar-refractivity contribution >= 4 is 15.9 Å². The molecule has 0 bridgehead atoms. The minimum atomic E-state index is -3.57. The van der Waals surface area contributed by atoms with Gasteiger partial charge in [0.15, 0.2) is 0 Å². The molecule has 0 aliphatic heterocycles. The van der Waals surface area contributed by atoms with E-state index in [2.05, 4.69) is 4.72 Å². The summed E-state index contributed by atoms with van der Waals surface area (Å²) in [6.45, 7) is 3.90. The lowest BCUT2D eigenvalue weighted by Crippen LogP contribution is -2.35. The van der Waals surface area contributed by atoms with E-state index in [4.69, 9.17) is 0 Å². The number of carbonyl (C=O) groups excluding carboxylic acids is 1. The molecule has 0 fully saturated rings. The molecule has 0 aliphatic rings. The molecule has 1 aromatic heterocycles. The van der Waals surface area contributed by atoms with Gasteiger partial charge < -0.3 is 4.57 Å². The van der Waals surface area contributed by atoms with Crippen LogP contribution in [0.2, 0.25) is 0 Å². The first-order valence-corrected chi connectivity index (χ1v) is 9.80. The van der Waals surface area contributed by atoms with Gasteiger partial charge in [0, 0.05) is 18.1 Å². The highest BCUT2D eigenvalue weighted by molar-refractivity contribution is 7.90. The summed E-state index contributed by atoms with van der Waals surface area (Å²) >= 11 is 0. The third-order valence-electron chi connectivity index (χ3n) is 3.76. The van der Waals surface area contributed by atoms with Crippen LogP contribution in [-0.4, -0.2) is 24.6 Å². The van der Waals surface area contributed by atoms with Gasteiger partial charge in [0.1, 0.15) is 0 Å². The van der Waals surface area contributed by atoms with E-state index in [0.717, 1.165) is 24.1 Å². The highest BCUT2D eigenvalue weighted by Crippen LogP contribution is 2.11. The molecule has 1 unspecified atom stereocenters. The van der Waals surface area contributed by atoms with Gasteiger partial charge in [-0.05, 0) is 42.2 Å². The van der Waals surface area contributed by atoms with Crippen LogP contribution in [0.1, 0.15) is 32.3 Å². The second-order valence-corrected chi connectivity index (χ2v) is 7.90. The van der Waals surface area contributed by atoms with Crippen molar-refractivity contribution < 1.29 is 13.2 Å². The Labute approximate surface area is 143 Å². The fraction of sp³-hybridized carbons (Fsp3) is 0.389. The van der Waals surface area contributed by atoms with Crippen molar-refractivity contribution in [1.29, 1.82) is 0 Å². The smallest absolute Gasteiger partial charge is 0.237 e. The highest BCUT2D eigenvalue weighted by atomic mass is 32.2. The average molecular weight is 348 g/mol. The Balaban J connectivity index is 1.92. The predicted octanol–water partition coefficient (Wildman–Crippen LogP) is 2.90. The van der Waals surface area contributed by atoms with E-state index in [0.29, 0.717) is 0 Å². The Kier molecular flexibility index (Phi) is 6.20. The number of hydrogen-bond acceptors (Lipinski definition) is 3. The Bertz CT molecular complexity index is 750. The minimum absolute atomic E-state index is 0.0147. The van der Waals surface area contributed by atoms with Crippen molar-refractivity contribution in [1.82, 2.24) is 9.29 Å². The number of aromatic nitrogens is 1. The number of benzene rings is 1. The predicted molar refractivity (Wildman–Crippen MR) is 95.5 cm³/mol. The van der Waals surface area contributed by atoms with Crippen LogP contribution in [0.4, 0.5) is 0 Å². The van der Waals surface area contributed by atoms with Crippen LogP contribution in [-0.2, 0) is 21.2 Å². The molecule has 0 saturated carbocycles. The van der Waals surface area contributed by atoms with Gasteiger partial charge in [0.2, 0.25) is 15.9 Å². The summed E-state index contributed by atoms with van der Waals surface area (Å²) in [6, 6.07) is 11.3. The zero-order valence-electron chi connectivity index (χ0n) is 14.1. The fourth-order valence-corrected chi connectivity index (χ4v) is 4.10. The monoisotopic (exact) mass is 348 g/mol. The summed E-state index contributed by atoms with van der Waals surface area (Å²) in [7, 11) is -3.57. The largest absolute Gasteiger partial charge is 0.324 e. The number of hydrogen-bond donors (Lipinski definition) is 1. The van der Waals surface area contributed by atoms with Gasteiger partial charge in [-0.25, -0.2) is 8.42 Å². The maximum Gasteiger partial charge on any atom is 0.237 e. The van der Waals surface area contributed by atoms with E-state index in [1.54, 1.807) is 0 Å². The summed E-state index contributed by atoms with van der Waals surface area (Å²) < 4.78 is 28.1. The molecular formula is C18H24N2O3S. The molecule has 1 atom stereocenters. The molecule has 1 heterocycles. The molecular weight excluding hydrogens is 324 g/mol. The van der Waals surface area contributed by atoms with E-state index >= 15 is 0 Å². The van der Waals surface area contributed by atoms with Gasteiger partial charge in [0.25, 0.3) is 0 Å². The Hall–Kier alpha value is -2.08. The topological polar surface area (TPSA) is 68.2 Å². The zero-order chi connectivity index (χ0) is 17.6. The van der Waals surface area contributed by atoms with Crippen LogP contribution in [0.15, 0.2) is 48.8 Å². The first-order chi connectivity index (χ1) is 11.4. The van der Waals surface area contributed by atoms with E-state index in [1.807, 2.05) is 67.2 Å². The van der Waals surface area contributed by atoms with Crippen molar-refractivity contribution in [3.63, 3.8) is 0 Å². The van der Waals surface area contributed by atoms with Crippen LogP contribution in [0.3, 0.4) is 0 Å². The molecule has 1 aromatic carbocycles. The molecule has 5 nitrogen and oxygen atoms in total. The number of nitrogens with one attached hydrogen (secondary N) is 1. The lowest BCUT2D eigenvalue weighted by molar-refractivity contribution is -0.118. The van der Waals surface area contributed by atoms with E-state index in [-0.39, 0.29) is 18.1 Å². The van der Waals surface area contributed by atoms with E-state index in [9.17, 15) is 13.2 Å². The van der Waals surface area contributed by atoms with Gasteiger partial charge in [0.05, 0.1) is 12.2 Å². The summed E-state index contributed by atoms with van der Waals surface area (Å²) in [5.74, 6) is -0.465. The molecule has 2 aromatic rings. The molecule has 6 heteroatoms. The van der Waals surface area contributed by atoms with Gasteiger partial charge in [-0.1, -0.05) is 32.4 Å². The second-order valence-electron chi connectivity index (χ2n) is 6.13. The zero-order valence-corrected chi connectivity index (χ0v) is 14.9. The number of nitrogens with zero attached hydrogens (tertiary/aromatic N) is 1. The molecule has 2 rings (SSSR count). The molecule has 0 aliphatic carbocycles. The molecule has 0 spiro atoms. The third kappa shape index (κ3) is 5.53. The van der Waals surface area contributed by atoms with Crippen molar-refractivity contribution in [3.8, 4) is 5.69 Å². The molecule has 0 saturated heterocycles. The SMILES string of the molecule is CCCC(C)CS(=O)(=O)NC(=O)Cc1ccc(-n2cccc2)cc1. The normalized spacial score (nSPS) is 12.8. The third-order valence-corrected chi connectivity index (χ3v) is 5.30. The first kappa shape index (κ1) is 18.3. The van der Waals surface area contributed by atoms with E-state index in [1.165, 1.54) is 0 Å². The lowest BCUT2D eigenvalue weighted by atomic mass is 10.1. The maximum absolute atomic E-state index is 12.0. The van der Waals surface area contributed by atoms with Crippen LogP contribution in [0, 0.1) is 5.92 Å². The van der Waals surface area contributed by atoms with Crippen LogP contribution < -0.4 is 4.72 Å². The summed E-state index contributed by atoms with van der Waals surface area (Å²) in [5, 5.41) is 0. The number of sulfonamides is 1. The molecule has 24 heavy (non-hydrogen) atoms. The Morgan fingerprint density at radius 3 is 2.38 bits per heavy atom. The fourth-order valence-electron chi connectivity index (χ4n) is 2.68. The molecule has 130 valence electrons. The van der Waals surface area contributed by atoms with Crippen LogP contribution >= 0.6 is 0 Å². The molecule has 1 amide bonds. The second kappa shape index (κ2) is 8.15. The van der Waals surface area contributed by atoms with E-state index < -0.39 is 15.9 Å². The standard InChI is InChI=1S/C18H24N2O3S/c1-3-6-15(2)14-24(22,23)19-18(21)13-16-7-9-17(10-8-16)20-11-4-5-12-20/h4-5,7-12,15H,3,6,13-14H2,1-2H3,(H,19,21). The molecule has 1 N–H and O–H groups in total. The first-order valence-electron chi connectivity index (χ1n) is 8.15. The van der Waals surface area contributed by atoms with Gasteiger partial charge in [-0.15, -0.1) is 0 Å². The van der Waals surface area contributed by atoms with Crippen molar-refractivity contribution in [2.24, 2.45) is 5.92 Å². The maximum atomic E-state index is 12.0.